The Morgan fingerprint density at radius 3 is 1.47 bits per heavy atom. The Hall–Kier alpha value is -0.316. The van der Waals surface area contributed by atoms with E-state index in [-0.39, 0.29) is 33.6 Å². The van der Waals surface area contributed by atoms with E-state index in [1.165, 1.54) is 74.6 Å². The average Bonchev–Trinajstić information content (AvgIpc) is 3.24. The van der Waals surface area contributed by atoms with E-state index in [2.05, 4.69) is 192 Å². The van der Waals surface area contributed by atoms with Crippen molar-refractivity contribution in [2.24, 2.45) is 0 Å². The molecule has 422 valence electrons. The lowest BCUT2D eigenvalue weighted by Gasteiger charge is -2.55. The molecule has 5 unspecified atom stereocenters. The fourth-order valence-electron chi connectivity index (χ4n) is 8.13. The molecule has 1 aromatic carbocycles. The summed E-state index contributed by atoms with van der Waals surface area (Å²) in [5.41, 5.74) is 0. The molecule has 0 radical (unpaired) electrons. The number of rotatable bonds is 31. The van der Waals surface area contributed by atoms with Gasteiger partial charge in [0.2, 0.25) is 0 Å². The molecule has 0 spiro atoms. The Kier molecular flexibility index (Phi) is 26.9. The van der Waals surface area contributed by atoms with Gasteiger partial charge in [-0.1, -0.05) is 214 Å². The number of aliphatic hydroxyl groups excluding tert-OH is 1. The largest absolute Gasteiger partial charge is 0.414 e. The van der Waals surface area contributed by atoms with Crippen molar-refractivity contribution in [3.8, 4) is 0 Å². The van der Waals surface area contributed by atoms with Crippen LogP contribution in [0.2, 0.25) is 85.6 Å². The van der Waals surface area contributed by atoms with Crippen LogP contribution in [0.3, 0.4) is 0 Å². The Morgan fingerprint density at radius 1 is 0.597 bits per heavy atom. The van der Waals surface area contributed by atoms with Crippen LogP contribution in [0.4, 0.5) is 0 Å². The van der Waals surface area contributed by atoms with Gasteiger partial charge >= 0.3 is 0 Å². The number of benzene rings is 1. The van der Waals surface area contributed by atoms with Crippen molar-refractivity contribution in [3.63, 3.8) is 0 Å². The molecular weight excluding hydrogens is 981 g/mol. The third-order valence-electron chi connectivity index (χ3n) is 17.6. The highest BCUT2D eigenvalue weighted by Gasteiger charge is 2.57. The third kappa shape index (κ3) is 20.5. The zero-order valence-electron chi connectivity index (χ0n) is 51.3. The highest BCUT2D eigenvalue weighted by molar-refractivity contribution is 6.95. The van der Waals surface area contributed by atoms with Gasteiger partial charge in [-0.05, 0) is 85.4 Å². The molecule has 1 aliphatic rings. The molecule has 0 saturated carbocycles. The molecule has 0 bridgehead atoms. The number of allylic oxidation sites excluding steroid dienone is 1. The minimum Gasteiger partial charge on any atom is -0.414 e. The van der Waals surface area contributed by atoms with Crippen molar-refractivity contribution in [1.29, 1.82) is 0 Å². The van der Waals surface area contributed by atoms with Crippen molar-refractivity contribution in [2.45, 2.75) is 296 Å². The quantitative estimate of drug-likeness (QED) is 0.0443. The normalized spacial score (nSPS) is 21.6. The number of aliphatic hydroxyl groups is 1. The minimum atomic E-state index is -2.52. The molecule has 72 heavy (non-hydrogen) atoms. The summed E-state index contributed by atoms with van der Waals surface area (Å²) in [4.78, 5) is 0. The molecule has 1 heterocycles. The molecule has 1 saturated heterocycles. The highest BCUT2D eigenvalue weighted by Crippen LogP contribution is 2.47. The number of hydrogen-bond donors (Lipinski definition) is 1. The summed E-state index contributed by atoms with van der Waals surface area (Å²) in [7, 11) is -10.3. The van der Waals surface area contributed by atoms with E-state index in [0.717, 1.165) is 12.8 Å². The van der Waals surface area contributed by atoms with Crippen LogP contribution < -0.4 is 5.19 Å². The van der Waals surface area contributed by atoms with Crippen molar-refractivity contribution >= 4 is 46.5 Å². The number of unbranched alkanes of at least 4 members (excludes halogenated alkanes) is 10. The first kappa shape index (κ1) is 67.8. The number of methoxy groups -OCH3 is 1. The molecule has 0 aliphatic carbocycles. The molecule has 0 aromatic heterocycles. The van der Waals surface area contributed by atoms with Gasteiger partial charge in [-0.2, -0.15) is 0 Å². The summed E-state index contributed by atoms with van der Waals surface area (Å²) >= 11 is 0. The van der Waals surface area contributed by atoms with E-state index in [1.807, 2.05) is 0 Å². The fourth-order valence-corrected chi connectivity index (χ4v) is 15.8. The standard InChI is InChI=1S/C58H116O9Si5/c1-25-26-27-28-29-30-31-32-33-34-36-41-47(68(15,16)46-39-37-35-38-40-46)42-49(62-45-60-14)48(59)43-61-54-53(67-72(23,24)58(11,12)13)52(66-71(21,22)57(8,9)10)51(65-70(19,20)56(5,6)7)50(64-54)44-63-69(17,18)55(2,3)4/h35,37-40,42,48-54,59H,25-34,36,41,43-45H2,1-24H3/b47-42-/t48-,49-,50?,51?,52?,53?,54?/m0/s1. The smallest absolute Gasteiger partial charge is 0.192 e. The van der Waals surface area contributed by atoms with E-state index in [1.54, 1.807) is 7.11 Å². The second-order valence-electron chi connectivity index (χ2n) is 28.0. The van der Waals surface area contributed by atoms with Gasteiger partial charge < -0.3 is 41.8 Å². The van der Waals surface area contributed by atoms with Crippen LogP contribution in [-0.4, -0.2) is 116 Å². The first-order chi connectivity index (χ1) is 32.9. The zero-order chi connectivity index (χ0) is 55.2. The van der Waals surface area contributed by atoms with Gasteiger partial charge in [-0.25, -0.2) is 0 Å². The van der Waals surface area contributed by atoms with Crippen molar-refractivity contribution in [3.05, 3.63) is 41.6 Å². The van der Waals surface area contributed by atoms with Gasteiger partial charge in [0.25, 0.3) is 0 Å². The Morgan fingerprint density at radius 2 is 1.03 bits per heavy atom. The van der Waals surface area contributed by atoms with Crippen molar-refractivity contribution in [1.82, 2.24) is 0 Å². The maximum absolute atomic E-state index is 12.5. The molecule has 1 aromatic rings. The molecule has 9 nitrogen and oxygen atoms in total. The molecule has 14 heteroatoms. The van der Waals surface area contributed by atoms with Crippen LogP contribution >= 0.6 is 0 Å². The molecule has 1 N–H and O–H groups in total. The van der Waals surface area contributed by atoms with Crippen LogP contribution in [0, 0.1) is 0 Å². The summed E-state index contributed by atoms with van der Waals surface area (Å²) in [6.45, 7) is 53.2. The molecule has 2 rings (SSSR count). The van der Waals surface area contributed by atoms with Crippen molar-refractivity contribution in [2.75, 3.05) is 27.1 Å². The Balaban J connectivity index is 2.75. The zero-order valence-corrected chi connectivity index (χ0v) is 56.3. The van der Waals surface area contributed by atoms with Crippen LogP contribution in [-0.2, 0) is 36.7 Å². The van der Waals surface area contributed by atoms with E-state index in [4.69, 9.17) is 36.7 Å². The maximum Gasteiger partial charge on any atom is 0.192 e. The maximum atomic E-state index is 12.5. The monoisotopic (exact) mass is 1100 g/mol. The molecule has 7 atom stereocenters. The first-order valence-corrected chi connectivity index (χ1v) is 43.0. The van der Waals surface area contributed by atoms with Gasteiger partial charge in [0.1, 0.15) is 51.5 Å². The topological polar surface area (TPSA) is 94.1 Å². The molecule has 0 amide bonds. The summed E-state index contributed by atoms with van der Waals surface area (Å²) in [6, 6.07) is 10.9. The summed E-state index contributed by atoms with van der Waals surface area (Å²) in [5.74, 6) is 0. The lowest BCUT2D eigenvalue weighted by Crippen LogP contribution is -2.68. The average molecular weight is 1100 g/mol. The summed E-state index contributed by atoms with van der Waals surface area (Å²) in [5, 5.41) is 14.9. The van der Waals surface area contributed by atoms with Gasteiger partial charge in [0, 0.05) is 7.11 Å². The van der Waals surface area contributed by atoms with Crippen molar-refractivity contribution < 1.29 is 41.8 Å². The van der Waals surface area contributed by atoms with Gasteiger partial charge in [-0.3, -0.25) is 0 Å². The van der Waals surface area contributed by atoms with E-state index in [0.29, 0.717) is 6.61 Å². The second kappa shape index (κ2) is 28.5. The van der Waals surface area contributed by atoms with E-state index in [9.17, 15) is 5.11 Å². The minimum absolute atomic E-state index is 0.0166. The third-order valence-corrected chi connectivity index (χ3v) is 39.3. The fraction of sp³-hybridized carbons (Fsp3) is 0.862. The second-order valence-corrected chi connectivity index (χ2v) is 51.6. The van der Waals surface area contributed by atoms with Gasteiger partial charge in [0.05, 0.1) is 13.2 Å². The van der Waals surface area contributed by atoms with Gasteiger partial charge in [0.15, 0.2) is 39.6 Å². The predicted molar refractivity (Wildman–Crippen MR) is 319 cm³/mol. The van der Waals surface area contributed by atoms with Gasteiger partial charge in [-0.15, -0.1) is 0 Å². The predicted octanol–water partition coefficient (Wildman–Crippen LogP) is 16.1. The number of hydrogen-bond acceptors (Lipinski definition) is 9. The number of ether oxygens (including phenoxy) is 4. The first-order valence-electron chi connectivity index (χ1n) is 28.4. The Bertz CT molecular complexity index is 1710. The van der Waals surface area contributed by atoms with E-state index >= 15 is 0 Å². The lowest BCUT2D eigenvalue weighted by molar-refractivity contribution is -0.297. The summed E-state index contributed by atoms with van der Waals surface area (Å²) in [6.07, 6.45) is 12.6. The molecular formula is C58H116O9Si5. The molecule has 1 aliphatic heterocycles. The Labute approximate surface area is 450 Å². The van der Waals surface area contributed by atoms with Crippen LogP contribution in [0.5, 0.6) is 0 Å². The SMILES string of the molecule is CCCCCCCCCCCCC/C(=C/[C@H](OCOC)[C@@H](O)COC1OC(CO[Si](C)(C)C(C)(C)C)C(O[Si](C)(C)C(C)(C)C)C(O[Si](C)(C)C(C)(C)C)C1O[Si](C)(C)C(C)(C)C)[Si](C)(C)c1ccccc1. The lowest BCUT2D eigenvalue weighted by atomic mass is 9.99. The van der Waals surface area contributed by atoms with Crippen LogP contribution in [0.1, 0.15) is 167 Å². The van der Waals surface area contributed by atoms with E-state index < -0.39 is 84.3 Å². The highest BCUT2D eigenvalue weighted by atomic mass is 28.4. The molecule has 1 fully saturated rings. The van der Waals surface area contributed by atoms with Crippen LogP contribution in [0.15, 0.2) is 41.6 Å². The summed E-state index contributed by atoms with van der Waals surface area (Å²) < 4.78 is 56.3. The van der Waals surface area contributed by atoms with Crippen LogP contribution in [0.25, 0.3) is 0 Å².